The molecule has 0 aromatic carbocycles. The monoisotopic (exact) mass is 1960 g/mol. The van der Waals surface area contributed by atoms with Gasteiger partial charge in [-0.3, -0.25) is 52.7 Å². The number of carboxylic acid groups (broad SMARTS) is 1. The molecule has 43 heteroatoms. The molecule has 136 heavy (non-hydrogen) atoms. The SMILES string of the molecule is C.C=CCC(C)(/C=C/COOC)C(=O)OC.C=CCC(C)(CO)C(=O)OC.CC(O)O.CO.CO.COC(=O)C1(C)CC2CC1C2.COC(=O)C1(N)CC2CC1C2C.COC(=O)C1C2CC1C(C)(C(=O)OC)C2.COC(=O)C1C2CC1C(N)(C(=O)OC)C2.COOCC1C2CC1C(N)(C(=O)OC)C2.COOCC1C2CC1C(N)(C(=O)OC)C2.COOOC.NC1(C(=O)O)CC2CC1C2.O=C=O. The minimum absolute atomic E-state index is 0. The van der Waals surface area contributed by atoms with Crippen LogP contribution in [-0.2, 0) is 154 Å². The van der Waals surface area contributed by atoms with Gasteiger partial charge >= 0.3 is 71.8 Å². The van der Waals surface area contributed by atoms with E-state index in [-0.39, 0.29) is 121 Å². The molecule has 0 saturated heterocycles. The van der Waals surface area contributed by atoms with E-state index >= 15 is 0 Å². The summed E-state index contributed by atoms with van der Waals surface area (Å²) in [6, 6.07) is 0. The zero-order chi connectivity index (χ0) is 104. The second-order valence-corrected chi connectivity index (χ2v) is 37.1. The number of aliphatic hydroxyl groups is 5. The summed E-state index contributed by atoms with van der Waals surface area (Å²) in [6.45, 7) is 19.0. The summed E-state index contributed by atoms with van der Waals surface area (Å²) < 4.78 is 47.2. The topological polar surface area (TPSA) is 649 Å². The number of allylic oxidation sites excluding steroid dienone is 2. The molecule has 786 valence electrons. The minimum Gasteiger partial charge on any atom is -0.480 e. The highest BCUT2D eigenvalue weighted by Crippen LogP contribution is 2.66. The highest BCUT2D eigenvalue weighted by atomic mass is 17.5. The van der Waals surface area contributed by atoms with E-state index in [0.29, 0.717) is 118 Å². The predicted molar refractivity (Wildman–Crippen MR) is 482 cm³/mol. The summed E-state index contributed by atoms with van der Waals surface area (Å²) >= 11 is 0. The Hall–Kier alpha value is -7.99. The molecule has 0 aliphatic heterocycles. The lowest BCUT2D eigenvalue weighted by Gasteiger charge is -2.37. The van der Waals surface area contributed by atoms with Crippen LogP contribution < -0.4 is 28.7 Å². The largest absolute Gasteiger partial charge is 0.480 e. The second-order valence-electron chi connectivity index (χ2n) is 37.1. The summed E-state index contributed by atoms with van der Waals surface area (Å²) in [5.74, 6) is 2.86. The highest BCUT2D eigenvalue weighted by Gasteiger charge is 2.70. The summed E-state index contributed by atoms with van der Waals surface area (Å²) in [6.07, 6.45) is 21.5. The van der Waals surface area contributed by atoms with Crippen molar-refractivity contribution in [3.63, 3.8) is 0 Å². The lowest BCUT2D eigenvalue weighted by molar-refractivity contribution is -0.491. The maximum atomic E-state index is 11.7. The number of nitrogens with two attached hydrogens (primary N) is 5. The van der Waals surface area contributed by atoms with Crippen LogP contribution in [0.3, 0.4) is 0 Å². The maximum absolute atomic E-state index is 11.7. The van der Waals surface area contributed by atoms with E-state index in [2.05, 4.69) is 70.8 Å². The summed E-state index contributed by atoms with van der Waals surface area (Å²) in [7, 11) is 22.9. The van der Waals surface area contributed by atoms with Gasteiger partial charge in [-0.15, -0.1) is 13.2 Å². The Balaban J connectivity index is 0.00000148. The summed E-state index contributed by atoms with van der Waals surface area (Å²) in [5, 5.41) is 50.7. The lowest BCUT2D eigenvalue weighted by Crippen LogP contribution is -2.53. The van der Waals surface area contributed by atoms with Gasteiger partial charge in [0.15, 0.2) is 0 Å². The second kappa shape index (κ2) is 58.9. The predicted octanol–water partition coefficient (Wildman–Crippen LogP) is 4.51. The Morgan fingerprint density at radius 3 is 1.09 bits per heavy atom. The summed E-state index contributed by atoms with van der Waals surface area (Å²) in [5.41, 5.74) is 23.7. The number of carbonyl (C=O) groups is 11. The minimum atomic E-state index is -1.17. The molecule has 0 aromatic rings. The third-order valence-corrected chi connectivity index (χ3v) is 29.7. The average molecular weight is 1960 g/mol. The van der Waals surface area contributed by atoms with Crippen molar-refractivity contribution in [1.29, 1.82) is 0 Å². The molecule has 14 bridgehead atoms. The number of fused-ring (bicyclic) bond motifs is 7. The number of methoxy groups -OCH3 is 10. The smallest absolute Gasteiger partial charge is 0.373 e. The zero-order valence-corrected chi connectivity index (χ0v) is 83.0. The van der Waals surface area contributed by atoms with E-state index in [0.717, 1.165) is 84.3 Å². The fourth-order valence-corrected chi connectivity index (χ4v) is 22.1. The van der Waals surface area contributed by atoms with E-state index in [9.17, 15) is 52.7 Å². The van der Waals surface area contributed by atoms with Crippen LogP contribution in [0.4, 0.5) is 0 Å². The molecule has 21 aliphatic carbocycles. The number of aliphatic carboxylic acids is 1. The van der Waals surface area contributed by atoms with Gasteiger partial charge in [-0.25, -0.2) is 39.1 Å². The van der Waals surface area contributed by atoms with Crippen LogP contribution in [0.5, 0.6) is 0 Å². The quantitative estimate of drug-likeness (QED) is 0.00976. The molecule has 0 aromatic heterocycles. The van der Waals surface area contributed by atoms with Gasteiger partial charge in [0.25, 0.3) is 0 Å². The molecular formula is C93H161N5O38. The van der Waals surface area contributed by atoms with Crippen LogP contribution in [-0.4, -0.2) is 284 Å². The molecule has 21 saturated carbocycles. The van der Waals surface area contributed by atoms with Crippen molar-refractivity contribution in [2.24, 2.45) is 163 Å². The van der Waals surface area contributed by atoms with Gasteiger partial charge < -0.3 is 107 Å². The number of aliphatic hydroxyl groups excluding tert-OH is 4. The normalized spacial score (nSPS) is 34.1. The van der Waals surface area contributed by atoms with Gasteiger partial charge in [0, 0.05) is 20.1 Å². The van der Waals surface area contributed by atoms with Gasteiger partial charge in [-0.05, 0) is 245 Å². The zero-order valence-electron chi connectivity index (χ0n) is 83.0. The molecule has 43 nitrogen and oxygen atoms in total. The first-order chi connectivity index (χ1) is 63.5. The van der Waals surface area contributed by atoms with Crippen LogP contribution in [0.1, 0.15) is 165 Å². The van der Waals surface area contributed by atoms with Crippen molar-refractivity contribution in [1.82, 2.24) is 0 Å². The third-order valence-electron chi connectivity index (χ3n) is 29.7. The van der Waals surface area contributed by atoms with Crippen LogP contribution in [0, 0.1) is 134 Å². The van der Waals surface area contributed by atoms with Crippen molar-refractivity contribution < 1.29 is 184 Å². The first-order valence-electron chi connectivity index (χ1n) is 44.5. The molecule has 21 aliphatic rings. The van der Waals surface area contributed by atoms with Crippen LogP contribution >= 0.6 is 0 Å². The molecule has 21 rings (SSSR count). The third kappa shape index (κ3) is 30.3. The lowest BCUT2D eigenvalue weighted by atomic mass is 9.67. The van der Waals surface area contributed by atoms with E-state index in [4.69, 9.17) is 117 Å². The molecular weight excluding hydrogens is 1800 g/mol. The molecule has 24 atom stereocenters. The van der Waals surface area contributed by atoms with E-state index in [1.165, 1.54) is 126 Å². The molecule has 16 N–H and O–H groups in total. The number of ether oxygens (including phenoxy) is 10. The number of carboxylic acids is 1. The average Bonchev–Trinajstić information content (AvgIpc) is 1.55. The standard InChI is InChI=1S/C11H16O4.C11H18O4.2C10H17NO4.C10H15NO4.C9H15NO2.C9H14O2.C8H14O3.C7H11NO2.C2H6O3.C2H6O2.CO2.2CH4O.CH4/c1-11(10(13)15-3)5-6-4-7(11)8(6)9(12)14-2;1-5-7-11(2,10(12)13-3)8-6-9-15-14-4;2*1-13-9(12)10(11)4-6-3-8(10)7(6)5-15-14-2;1-14-8(12)7-5-3-6(7)10(11,4-5)9(13)15-2;1-5-6-3-7(5)9(10,4-6)8(11)12-2;1-9(8(10)11-2)5-6-3-7(9)4-6;1-4-5-8(2,6-9)7(10)11-3;8-7(6(9)10)3-4-1-5(7)2-4;1-3-5-4-2;1-2(3)4;2-1-3;2*1-2;/h6-8H,4-5H2,1-3H3;5-6,8H,1,7,9H2,2-4H3;2*6-8H,3-5,11H2,1-2H3;5-7H,3-4,11H2,1-2H3;5-7H,3-4,10H2,1-2H3;6-7H,3-5H2,1-2H3;4,9H,1,5-6H2,2-3H3;4-5H,1-3,8H2,(H,9,10);1-2H3;2-4H,1H3;;2*2H,1H3;1H4/b;8-6+;;;;;;;;;;;;;. The number of carbonyl (C=O) groups excluding carboxylic acids is 12. The number of hydrogen-bond donors (Lipinski definition) is 11. The number of hydrogen-bond acceptors (Lipinski definition) is 42. The Bertz CT molecular complexity index is 3710. The van der Waals surface area contributed by atoms with Crippen LogP contribution in [0.25, 0.3) is 0 Å². The first kappa shape index (κ1) is 128. The molecule has 24 unspecified atom stereocenters. The molecule has 0 heterocycles. The van der Waals surface area contributed by atoms with E-state index in [1.54, 1.807) is 38.2 Å². The highest BCUT2D eigenvalue weighted by molar-refractivity contribution is 5.87. The van der Waals surface area contributed by atoms with Crippen molar-refractivity contribution >= 4 is 71.8 Å². The van der Waals surface area contributed by atoms with Crippen molar-refractivity contribution in [3.8, 4) is 0 Å². The molecule has 21 fully saturated rings. The van der Waals surface area contributed by atoms with Crippen molar-refractivity contribution in [3.05, 3.63) is 37.5 Å². The number of rotatable bonds is 28. The van der Waals surface area contributed by atoms with Gasteiger partial charge in [0.1, 0.15) is 40.6 Å². The van der Waals surface area contributed by atoms with Crippen LogP contribution in [0.15, 0.2) is 37.5 Å². The Morgan fingerprint density at radius 1 is 0.434 bits per heavy atom. The fourth-order valence-electron chi connectivity index (χ4n) is 22.1. The van der Waals surface area contributed by atoms with Gasteiger partial charge in [0.2, 0.25) is 0 Å². The molecule has 0 spiro atoms. The molecule has 0 amide bonds. The Morgan fingerprint density at radius 2 is 0.779 bits per heavy atom. The van der Waals surface area contributed by atoms with Crippen molar-refractivity contribution in [2.45, 2.75) is 199 Å². The maximum Gasteiger partial charge on any atom is 0.373 e. The Kier molecular flexibility index (Phi) is 55.5. The first-order valence-corrected chi connectivity index (χ1v) is 44.5. The Labute approximate surface area is 799 Å². The van der Waals surface area contributed by atoms with Gasteiger partial charge in [0.05, 0.1) is 160 Å². The van der Waals surface area contributed by atoms with E-state index in [1.807, 2.05) is 6.92 Å². The van der Waals surface area contributed by atoms with Crippen molar-refractivity contribution in [2.75, 3.05) is 147 Å². The van der Waals surface area contributed by atoms with Gasteiger partial charge in [-0.1, -0.05) is 43.7 Å². The van der Waals surface area contributed by atoms with E-state index < -0.39 is 68.1 Å². The molecule has 0 radical (unpaired) electrons. The fraction of sp³-hybridized carbons (Fsp3) is 0.806. The number of esters is 10. The summed E-state index contributed by atoms with van der Waals surface area (Å²) in [4.78, 5) is 177. The van der Waals surface area contributed by atoms with Crippen LogP contribution in [0.2, 0.25) is 0 Å². The van der Waals surface area contributed by atoms with Gasteiger partial charge in [-0.2, -0.15) is 9.59 Å².